The summed E-state index contributed by atoms with van der Waals surface area (Å²) in [4.78, 5) is 51.0. The summed E-state index contributed by atoms with van der Waals surface area (Å²) in [5.74, 6) is 1.47. The number of unbranched alkanes of at least 4 members (excludes halogenated alkanes) is 11. The van der Waals surface area contributed by atoms with E-state index in [0.717, 1.165) is 19.3 Å². The Balaban J connectivity index is 1.58. The van der Waals surface area contributed by atoms with Crippen LogP contribution in [0.5, 0.6) is 0 Å². The van der Waals surface area contributed by atoms with Gasteiger partial charge in [0.15, 0.2) is 17.0 Å². The topological polar surface area (TPSA) is 144 Å². The second-order valence-corrected chi connectivity index (χ2v) is 13.3. The minimum absolute atomic E-state index is 0.153. The molecule has 0 unspecified atom stereocenters. The fourth-order valence-corrected chi connectivity index (χ4v) is 5.53. The minimum Gasteiger partial charge on any atom is -0.461 e. The van der Waals surface area contributed by atoms with Gasteiger partial charge in [-0.05, 0) is 13.3 Å². The summed E-state index contributed by atoms with van der Waals surface area (Å²) in [5.41, 5.74) is -0.826. The monoisotopic (exact) mass is 669 g/mol. The zero-order chi connectivity index (χ0) is 35.1. The van der Waals surface area contributed by atoms with E-state index in [9.17, 15) is 14.4 Å². The molecule has 2 aromatic heterocycles. The molecule has 3 atom stereocenters. The van der Waals surface area contributed by atoms with Crippen molar-refractivity contribution < 1.29 is 33.3 Å². The van der Waals surface area contributed by atoms with Gasteiger partial charge in [0, 0.05) is 6.42 Å². The number of hydrogen-bond acceptors (Lipinski definition) is 10. The van der Waals surface area contributed by atoms with E-state index in [2.05, 4.69) is 33.1 Å². The van der Waals surface area contributed by atoms with E-state index in [1.807, 2.05) is 0 Å². The summed E-state index contributed by atoms with van der Waals surface area (Å²) in [6.07, 6.45) is 20.0. The molecule has 1 amide bonds. The van der Waals surface area contributed by atoms with Crippen LogP contribution in [0, 0.1) is 31.1 Å². The van der Waals surface area contributed by atoms with Gasteiger partial charge >= 0.3 is 18.0 Å². The van der Waals surface area contributed by atoms with Crippen LogP contribution >= 0.6 is 0 Å². The largest absolute Gasteiger partial charge is 0.461 e. The maximum atomic E-state index is 12.7. The molecule has 2 aromatic rings. The number of aromatic nitrogens is 4. The van der Waals surface area contributed by atoms with Crippen LogP contribution in [0.1, 0.15) is 130 Å². The summed E-state index contributed by atoms with van der Waals surface area (Å²) in [6, 6.07) is 0. The lowest BCUT2D eigenvalue weighted by Crippen LogP contribution is -2.46. The maximum Gasteiger partial charge on any atom is 0.412 e. The number of carbonyl (C=O) groups excluding carboxylic acids is 3. The van der Waals surface area contributed by atoms with E-state index in [1.54, 1.807) is 39.2 Å². The van der Waals surface area contributed by atoms with E-state index in [4.69, 9.17) is 25.4 Å². The molecule has 3 rings (SSSR count). The smallest absolute Gasteiger partial charge is 0.412 e. The number of aryl methyl sites for hydroxylation is 1. The highest BCUT2D eigenvalue weighted by Crippen LogP contribution is 2.40. The van der Waals surface area contributed by atoms with Crippen molar-refractivity contribution in [1.29, 1.82) is 0 Å². The Kier molecular flexibility index (Phi) is 15.6. The predicted molar refractivity (Wildman–Crippen MR) is 183 cm³/mol. The van der Waals surface area contributed by atoms with E-state index < -0.39 is 41.9 Å². The average molecular weight is 670 g/mol. The van der Waals surface area contributed by atoms with Gasteiger partial charge in [0.25, 0.3) is 0 Å². The normalized spacial score (nSPS) is 19.1. The molecule has 266 valence electrons. The zero-order valence-electron chi connectivity index (χ0n) is 29.7. The zero-order valence-corrected chi connectivity index (χ0v) is 29.7. The fraction of sp³-hybridized carbons (Fsp3) is 0.722. The highest BCUT2D eigenvalue weighted by molar-refractivity contribution is 5.93. The number of amides is 1. The molecule has 0 spiro atoms. The molecule has 1 N–H and O–H groups in total. The molecule has 0 aliphatic carbocycles. The van der Waals surface area contributed by atoms with Crippen molar-refractivity contribution in [3.05, 3.63) is 12.2 Å². The van der Waals surface area contributed by atoms with E-state index in [0.29, 0.717) is 23.6 Å². The molecule has 1 aliphatic rings. The Morgan fingerprint density at radius 3 is 2.15 bits per heavy atom. The van der Waals surface area contributed by atoms with Crippen molar-refractivity contribution in [2.24, 2.45) is 11.8 Å². The predicted octanol–water partition coefficient (Wildman–Crippen LogP) is 7.44. The third-order valence-electron chi connectivity index (χ3n) is 8.45. The van der Waals surface area contributed by atoms with Crippen molar-refractivity contribution in [2.45, 2.75) is 143 Å². The summed E-state index contributed by atoms with van der Waals surface area (Å²) >= 11 is 0. The number of carbonyl (C=O) groups is 3. The third-order valence-corrected chi connectivity index (χ3v) is 8.45. The van der Waals surface area contributed by atoms with Gasteiger partial charge in [0.05, 0.1) is 24.8 Å². The molecular formula is C36H55N5O7. The number of terminal acetylenes is 1. The van der Waals surface area contributed by atoms with Crippen LogP contribution in [0.25, 0.3) is 11.2 Å². The Hall–Kier alpha value is -3.72. The first kappa shape index (κ1) is 38.7. The van der Waals surface area contributed by atoms with Gasteiger partial charge in [-0.3, -0.25) is 19.5 Å². The van der Waals surface area contributed by atoms with Gasteiger partial charge < -0.3 is 18.9 Å². The van der Waals surface area contributed by atoms with Crippen LogP contribution in [0.3, 0.4) is 0 Å². The molecule has 1 aliphatic heterocycles. The molecule has 48 heavy (non-hydrogen) atoms. The summed E-state index contributed by atoms with van der Waals surface area (Å²) < 4.78 is 24.6. The molecule has 0 radical (unpaired) electrons. The molecule has 12 nitrogen and oxygen atoms in total. The van der Waals surface area contributed by atoms with Crippen LogP contribution in [0.4, 0.5) is 10.6 Å². The Bertz CT molecular complexity index is 1380. The number of nitrogens with one attached hydrogen (secondary N) is 1. The molecule has 0 saturated carbocycles. The van der Waals surface area contributed by atoms with E-state index >= 15 is 0 Å². The number of ether oxygens (including phenoxy) is 4. The summed E-state index contributed by atoms with van der Waals surface area (Å²) in [5, 5.41) is 2.70. The van der Waals surface area contributed by atoms with Gasteiger partial charge in [-0.15, -0.1) is 6.42 Å². The van der Waals surface area contributed by atoms with Crippen LogP contribution in [0.2, 0.25) is 0 Å². The number of imidazole rings is 1. The number of esters is 2. The van der Waals surface area contributed by atoms with Crippen molar-refractivity contribution in [3.63, 3.8) is 0 Å². The minimum atomic E-state index is -1.53. The first-order valence-corrected chi connectivity index (χ1v) is 17.7. The van der Waals surface area contributed by atoms with Crippen molar-refractivity contribution in [2.75, 3.05) is 18.5 Å². The van der Waals surface area contributed by atoms with Crippen molar-refractivity contribution in [1.82, 2.24) is 19.5 Å². The third kappa shape index (κ3) is 11.2. The summed E-state index contributed by atoms with van der Waals surface area (Å²) in [7, 11) is 0. The average Bonchev–Trinajstić information content (AvgIpc) is 3.63. The van der Waals surface area contributed by atoms with Crippen molar-refractivity contribution in [3.8, 4) is 12.3 Å². The number of fused-ring (bicyclic) bond motifs is 1. The molecule has 12 heteroatoms. The Morgan fingerprint density at radius 2 is 1.56 bits per heavy atom. The lowest BCUT2D eigenvalue weighted by molar-refractivity contribution is -0.170. The molecular weight excluding hydrogens is 614 g/mol. The quantitative estimate of drug-likeness (QED) is 0.0654. The molecule has 0 aromatic carbocycles. The van der Waals surface area contributed by atoms with Gasteiger partial charge in [0.1, 0.15) is 24.8 Å². The van der Waals surface area contributed by atoms with Gasteiger partial charge in [-0.1, -0.05) is 111 Å². The van der Waals surface area contributed by atoms with Gasteiger partial charge in [-0.25, -0.2) is 19.7 Å². The second kappa shape index (κ2) is 19.3. The Morgan fingerprint density at radius 1 is 0.958 bits per heavy atom. The van der Waals surface area contributed by atoms with Crippen molar-refractivity contribution >= 4 is 35.0 Å². The molecule has 1 fully saturated rings. The maximum absolute atomic E-state index is 12.7. The number of hydrogen-bond donors (Lipinski definition) is 1. The highest BCUT2D eigenvalue weighted by atomic mass is 16.6. The first-order chi connectivity index (χ1) is 23.0. The number of rotatable bonds is 20. The van der Waals surface area contributed by atoms with Crippen LogP contribution < -0.4 is 5.32 Å². The second-order valence-electron chi connectivity index (χ2n) is 13.3. The fourth-order valence-electron chi connectivity index (χ4n) is 5.53. The lowest BCUT2D eigenvalue weighted by Gasteiger charge is -2.29. The van der Waals surface area contributed by atoms with Gasteiger partial charge in [0.2, 0.25) is 5.60 Å². The molecule has 3 heterocycles. The number of anilines is 1. The van der Waals surface area contributed by atoms with Crippen LogP contribution in [-0.2, 0) is 28.5 Å². The highest BCUT2D eigenvalue weighted by Gasteiger charge is 2.52. The Labute approximate surface area is 285 Å². The first-order valence-electron chi connectivity index (χ1n) is 17.7. The lowest BCUT2D eigenvalue weighted by atomic mass is 9.98. The van der Waals surface area contributed by atoms with Crippen LogP contribution in [0.15, 0.2) is 6.33 Å². The molecule has 0 bridgehead atoms. The van der Waals surface area contributed by atoms with E-state index in [1.165, 1.54) is 64.1 Å². The van der Waals surface area contributed by atoms with Crippen LogP contribution in [-0.4, -0.2) is 62.5 Å². The number of nitrogens with zero attached hydrogens (tertiary/aromatic N) is 4. The van der Waals surface area contributed by atoms with Gasteiger partial charge in [-0.2, -0.15) is 0 Å². The summed E-state index contributed by atoms with van der Waals surface area (Å²) in [6.45, 7) is 10.8. The SMILES string of the molecule is C#C[C@]1(COC(=O)C(C)C)O[C@@H](n2cnc3c(NC(=O)OCCCCCCCCCCCCCC)nc(C)nc32)C[C@@H]1OC(=O)C(C)C. The standard InChI is InChI=1S/C36H55N5O7/c1-8-10-11-12-13-14-15-16-17-18-19-20-21-45-35(44)40-31-30-32(39-27(7)38-31)41(24-37-30)29-22-28(47-34(43)26(5)6)36(9-2,48-29)23-46-33(42)25(3)4/h2,24-26,28-29H,8,10-23H2,1,3-7H3,(H,38,39,40,44)/t28-,29+,36+/m0/s1. The molecule has 1 saturated heterocycles. The van der Waals surface area contributed by atoms with E-state index in [-0.39, 0.29) is 24.8 Å².